The molecule has 5 rings (SSSR count). The zero-order valence-corrected chi connectivity index (χ0v) is 22.8. The Labute approximate surface area is 231 Å². The van der Waals surface area contributed by atoms with Gasteiger partial charge < -0.3 is 9.80 Å². The first-order chi connectivity index (χ1) is 19.1. The molecule has 4 heteroatoms. The molecule has 0 bridgehead atoms. The zero-order chi connectivity index (χ0) is 27.2. The average molecular weight is 517 g/mol. The summed E-state index contributed by atoms with van der Waals surface area (Å²) in [6, 6.07) is 35.1. The Hall–Kier alpha value is -4.18. The molecule has 0 saturated heterocycles. The molecule has 1 heterocycles. The minimum absolute atomic E-state index is 0.00541. The highest BCUT2D eigenvalue weighted by Gasteiger charge is 2.39. The number of benzene rings is 4. The molecule has 0 fully saturated rings. The Morgan fingerprint density at radius 1 is 0.769 bits per heavy atom. The summed E-state index contributed by atoms with van der Waals surface area (Å²) in [4.78, 5) is 31.7. The lowest BCUT2D eigenvalue weighted by Gasteiger charge is -2.43. The number of unbranched alkanes of at least 4 members (excludes halogenated alkanes) is 2. The second kappa shape index (κ2) is 12.1. The van der Waals surface area contributed by atoms with Gasteiger partial charge in [-0.1, -0.05) is 86.5 Å². The van der Waals surface area contributed by atoms with Crippen molar-refractivity contribution < 1.29 is 9.59 Å². The number of rotatable bonds is 8. The summed E-state index contributed by atoms with van der Waals surface area (Å²) in [5, 5.41) is 0. The summed E-state index contributed by atoms with van der Waals surface area (Å²) in [5.41, 5.74) is 5.29. The van der Waals surface area contributed by atoms with Crippen LogP contribution in [0.25, 0.3) is 0 Å². The van der Waals surface area contributed by atoms with Crippen LogP contribution in [0.5, 0.6) is 0 Å². The van der Waals surface area contributed by atoms with Crippen molar-refractivity contribution in [1.29, 1.82) is 0 Å². The van der Waals surface area contributed by atoms with E-state index in [0.29, 0.717) is 17.5 Å². The SMILES string of the molecule is CCCCCc1ccc(C(=O)N2c3ccccc3[C@H](N(C(=O)c3ccccc3)c3ccccc3)C[C@H]2C)cc1. The van der Waals surface area contributed by atoms with Gasteiger partial charge in [0.05, 0.1) is 6.04 Å². The van der Waals surface area contributed by atoms with Crippen molar-refractivity contribution in [2.24, 2.45) is 0 Å². The smallest absolute Gasteiger partial charge is 0.258 e. The van der Waals surface area contributed by atoms with Crippen LogP contribution in [-0.2, 0) is 6.42 Å². The van der Waals surface area contributed by atoms with Gasteiger partial charge >= 0.3 is 0 Å². The molecule has 4 aromatic rings. The normalized spacial score (nSPS) is 16.4. The maximum Gasteiger partial charge on any atom is 0.258 e. The predicted octanol–water partition coefficient (Wildman–Crippen LogP) is 8.25. The summed E-state index contributed by atoms with van der Waals surface area (Å²) in [6.45, 7) is 4.29. The van der Waals surface area contributed by atoms with Crippen molar-refractivity contribution >= 4 is 23.2 Å². The fourth-order valence-electron chi connectivity index (χ4n) is 5.62. The highest BCUT2D eigenvalue weighted by atomic mass is 16.2. The van der Waals surface area contributed by atoms with Gasteiger partial charge in [0, 0.05) is 28.5 Å². The van der Waals surface area contributed by atoms with Crippen LogP contribution < -0.4 is 9.80 Å². The molecule has 0 spiro atoms. The quantitative estimate of drug-likeness (QED) is 0.221. The van der Waals surface area contributed by atoms with Gasteiger partial charge in [0.2, 0.25) is 0 Å². The molecule has 0 aliphatic carbocycles. The van der Waals surface area contributed by atoms with E-state index in [1.54, 1.807) is 0 Å². The first kappa shape index (κ1) is 26.4. The molecular formula is C35H36N2O2. The molecule has 198 valence electrons. The molecule has 0 radical (unpaired) electrons. The lowest BCUT2D eigenvalue weighted by atomic mass is 9.89. The van der Waals surface area contributed by atoms with Crippen molar-refractivity contribution in [2.45, 2.75) is 58.0 Å². The van der Waals surface area contributed by atoms with Gasteiger partial charge in [-0.3, -0.25) is 9.59 Å². The highest BCUT2D eigenvalue weighted by Crippen LogP contribution is 2.43. The topological polar surface area (TPSA) is 40.6 Å². The van der Waals surface area contributed by atoms with E-state index in [9.17, 15) is 9.59 Å². The second-order valence-corrected chi connectivity index (χ2v) is 10.4. The molecule has 2 atom stereocenters. The number of nitrogens with zero attached hydrogens (tertiary/aromatic N) is 2. The number of carbonyl (C=O) groups is 2. The summed E-state index contributed by atoms with van der Waals surface area (Å²) in [5.74, 6) is -0.0543. The van der Waals surface area contributed by atoms with Gasteiger partial charge in [-0.05, 0) is 79.8 Å². The third-order valence-corrected chi connectivity index (χ3v) is 7.63. The number of fused-ring (bicyclic) bond motifs is 1. The van der Waals surface area contributed by atoms with Gasteiger partial charge in [0.1, 0.15) is 0 Å². The maximum atomic E-state index is 14.0. The van der Waals surface area contributed by atoms with Crippen LogP contribution in [0.15, 0.2) is 109 Å². The molecule has 1 aliphatic heterocycles. The van der Waals surface area contributed by atoms with Crippen molar-refractivity contribution in [3.05, 3.63) is 131 Å². The summed E-state index contributed by atoms with van der Waals surface area (Å²) < 4.78 is 0. The van der Waals surface area contributed by atoms with Gasteiger partial charge in [-0.25, -0.2) is 0 Å². The average Bonchev–Trinajstić information content (AvgIpc) is 2.98. The number of aryl methyl sites for hydroxylation is 1. The van der Waals surface area contributed by atoms with E-state index in [4.69, 9.17) is 0 Å². The van der Waals surface area contributed by atoms with E-state index in [2.05, 4.69) is 32.0 Å². The summed E-state index contributed by atoms with van der Waals surface area (Å²) in [7, 11) is 0. The van der Waals surface area contributed by atoms with Crippen LogP contribution in [0.3, 0.4) is 0 Å². The van der Waals surface area contributed by atoms with Crippen molar-refractivity contribution in [2.75, 3.05) is 9.80 Å². The molecule has 4 nitrogen and oxygen atoms in total. The third-order valence-electron chi connectivity index (χ3n) is 7.63. The zero-order valence-electron chi connectivity index (χ0n) is 22.8. The van der Waals surface area contributed by atoms with Crippen LogP contribution >= 0.6 is 0 Å². The Balaban J connectivity index is 1.50. The summed E-state index contributed by atoms with van der Waals surface area (Å²) >= 11 is 0. The first-order valence-electron chi connectivity index (χ1n) is 14.0. The molecular weight excluding hydrogens is 480 g/mol. The first-order valence-corrected chi connectivity index (χ1v) is 14.0. The van der Waals surface area contributed by atoms with Crippen LogP contribution in [0.4, 0.5) is 11.4 Å². The number of hydrogen-bond donors (Lipinski definition) is 0. The third kappa shape index (κ3) is 5.65. The standard InChI is InChI=1S/C35H36N2O2/c1-3-4-7-14-27-21-23-29(24-22-27)34(38)36-26(2)25-33(31-19-12-13-20-32(31)36)37(30-17-10-6-11-18-30)35(39)28-15-8-5-9-16-28/h5-6,8-13,15-24,26,33H,3-4,7,14,25H2,1-2H3/t26-,33-/m1/s1. The van der Waals surface area contributed by atoms with Crippen LogP contribution in [0.1, 0.15) is 77.4 Å². The largest absolute Gasteiger partial charge is 0.305 e. The number of hydrogen-bond acceptors (Lipinski definition) is 2. The Bertz CT molecular complexity index is 1400. The number of carbonyl (C=O) groups excluding carboxylic acids is 2. The molecule has 39 heavy (non-hydrogen) atoms. The fourth-order valence-corrected chi connectivity index (χ4v) is 5.62. The second-order valence-electron chi connectivity index (χ2n) is 10.4. The van der Waals surface area contributed by atoms with Crippen molar-refractivity contribution in [1.82, 2.24) is 0 Å². The van der Waals surface area contributed by atoms with E-state index in [1.807, 2.05) is 101 Å². The van der Waals surface area contributed by atoms with E-state index in [-0.39, 0.29) is 23.9 Å². The molecule has 1 aliphatic rings. The molecule has 0 N–H and O–H groups in total. The lowest BCUT2D eigenvalue weighted by molar-refractivity contribution is 0.0965. The monoisotopic (exact) mass is 516 g/mol. The predicted molar refractivity (Wildman–Crippen MR) is 159 cm³/mol. The molecule has 0 unspecified atom stereocenters. The summed E-state index contributed by atoms with van der Waals surface area (Å²) in [6.07, 6.45) is 5.25. The Kier molecular flexibility index (Phi) is 8.21. The van der Waals surface area contributed by atoms with Crippen LogP contribution in [0.2, 0.25) is 0 Å². The van der Waals surface area contributed by atoms with Crippen molar-refractivity contribution in [3.63, 3.8) is 0 Å². The minimum atomic E-state index is -0.212. The van der Waals surface area contributed by atoms with Gasteiger partial charge in [0.15, 0.2) is 0 Å². The van der Waals surface area contributed by atoms with Gasteiger partial charge in [-0.15, -0.1) is 0 Å². The molecule has 0 aromatic heterocycles. The number of amides is 2. The maximum absolute atomic E-state index is 14.0. The van der Waals surface area contributed by atoms with E-state index in [0.717, 1.165) is 23.4 Å². The molecule has 0 saturated carbocycles. The van der Waals surface area contributed by atoms with E-state index < -0.39 is 0 Å². The minimum Gasteiger partial charge on any atom is -0.305 e. The Morgan fingerprint density at radius 2 is 1.41 bits per heavy atom. The van der Waals surface area contributed by atoms with E-state index >= 15 is 0 Å². The molecule has 4 aromatic carbocycles. The Morgan fingerprint density at radius 3 is 2.10 bits per heavy atom. The number of para-hydroxylation sites is 2. The number of anilines is 2. The van der Waals surface area contributed by atoms with Gasteiger partial charge in [0.25, 0.3) is 11.8 Å². The van der Waals surface area contributed by atoms with Gasteiger partial charge in [-0.2, -0.15) is 0 Å². The fraction of sp³-hybridized carbons (Fsp3) is 0.257. The van der Waals surface area contributed by atoms with E-state index in [1.165, 1.54) is 24.8 Å². The lowest BCUT2D eigenvalue weighted by Crippen LogP contribution is -2.47. The van der Waals surface area contributed by atoms with Crippen LogP contribution in [-0.4, -0.2) is 17.9 Å². The van der Waals surface area contributed by atoms with Crippen molar-refractivity contribution in [3.8, 4) is 0 Å². The molecule has 2 amide bonds. The highest BCUT2D eigenvalue weighted by molar-refractivity contribution is 6.09. The van der Waals surface area contributed by atoms with Crippen LogP contribution in [0, 0.1) is 0 Å².